The van der Waals surface area contributed by atoms with Gasteiger partial charge in [-0.2, -0.15) is 22.0 Å². The highest BCUT2D eigenvalue weighted by molar-refractivity contribution is 8.00. The number of halogens is 8. The molecule has 0 radical (unpaired) electrons. The maximum Gasteiger partial charge on any atom is 0.422 e. The number of nitrogens with one attached hydrogen (secondary N) is 1. The zero-order valence-corrected chi connectivity index (χ0v) is 16.6. The normalized spacial score (nSPS) is 20.6. The molecule has 2 amide bonds. The Morgan fingerprint density at radius 3 is 2.22 bits per heavy atom. The number of carbonyl (C=O) groups excluding carboxylic acids is 2. The van der Waals surface area contributed by atoms with Gasteiger partial charge in [0, 0.05) is 5.75 Å². The molecule has 1 aromatic carbocycles. The molecule has 2 atom stereocenters. The largest absolute Gasteiger partial charge is 0.477 e. The molecule has 16 heteroatoms. The zero-order valence-electron chi connectivity index (χ0n) is 15.0. The number of aliphatic carboxylic acids is 1. The van der Waals surface area contributed by atoms with E-state index in [9.17, 15) is 45.1 Å². The van der Waals surface area contributed by atoms with Gasteiger partial charge in [0.1, 0.15) is 22.7 Å². The highest BCUT2D eigenvalue weighted by Gasteiger charge is 2.54. The molecule has 32 heavy (non-hydrogen) atoms. The van der Waals surface area contributed by atoms with Crippen molar-refractivity contribution in [3.05, 3.63) is 39.6 Å². The number of nitrogens with zero attached hydrogens (tertiary/aromatic N) is 1. The highest BCUT2D eigenvalue weighted by Crippen LogP contribution is 2.42. The molecule has 2 aliphatic heterocycles. The number of thioether (sulfide) groups is 1. The van der Waals surface area contributed by atoms with Crippen LogP contribution >= 0.6 is 23.4 Å². The Kier molecular flexibility index (Phi) is 6.25. The lowest BCUT2D eigenvalue weighted by Crippen LogP contribution is -2.70. The van der Waals surface area contributed by atoms with Crippen LogP contribution in [0.4, 0.5) is 30.7 Å². The smallest absolute Gasteiger partial charge is 0.422 e. The second kappa shape index (κ2) is 8.35. The van der Waals surface area contributed by atoms with Gasteiger partial charge in [0.05, 0.1) is 5.03 Å². The molecule has 174 valence electrons. The number of β-lactam (4-membered cyclic amide) rings is 1. The summed E-state index contributed by atoms with van der Waals surface area (Å²) in [6, 6.07) is -1.29. The number of fused-ring (bicyclic) bond motifs is 1. The maximum absolute atomic E-state index is 13.8. The lowest BCUT2D eigenvalue weighted by molar-refractivity contribution is -0.150. The van der Waals surface area contributed by atoms with E-state index in [1.54, 1.807) is 0 Å². The molecular weight excluding hydrogens is 501 g/mol. The first-order valence-corrected chi connectivity index (χ1v) is 9.61. The van der Waals surface area contributed by atoms with Crippen LogP contribution < -0.4 is 10.1 Å². The van der Waals surface area contributed by atoms with Gasteiger partial charge in [-0.25, -0.2) is 13.6 Å². The van der Waals surface area contributed by atoms with Crippen LogP contribution in [0.15, 0.2) is 10.7 Å². The molecule has 1 aromatic rings. The van der Waals surface area contributed by atoms with Crippen LogP contribution in [-0.4, -0.2) is 51.6 Å². The standard InChI is InChI=1S/C16H8ClF7N2O5S/c17-3-2-32-14-10(13(28)26(14)11(3)15(29)30)25-4(27)1-31-12-8(20)6(18)5(16(22,23)24)7(19)9(12)21/h10,14H,1-2H2,(H,25,27)(H,29,30)/t10-,14-/m1/s1. The predicted molar refractivity (Wildman–Crippen MR) is 92.3 cm³/mol. The molecule has 2 aliphatic rings. The van der Waals surface area contributed by atoms with Gasteiger partial charge < -0.3 is 15.2 Å². The van der Waals surface area contributed by atoms with Crippen LogP contribution in [-0.2, 0) is 20.6 Å². The molecule has 3 rings (SSSR count). The van der Waals surface area contributed by atoms with E-state index in [2.05, 4.69) is 10.1 Å². The van der Waals surface area contributed by atoms with Crippen molar-refractivity contribution in [2.45, 2.75) is 17.6 Å². The second-order valence-corrected chi connectivity index (χ2v) is 7.82. The van der Waals surface area contributed by atoms with Gasteiger partial charge in [-0.05, 0) is 0 Å². The molecule has 1 saturated heterocycles. The summed E-state index contributed by atoms with van der Waals surface area (Å²) in [7, 11) is 0. The number of carboxylic acid groups (broad SMARTS) is 1. The monoisotopic (exact) mass is 508 g/mol. The third kappa shape index (κ3) is 3.94. The maximum atomic E-state index is 13.8. The number of carbonyl (C=O) groups is 3. The molecule has 0 spiro atoms. The van der Waals surface area contributed by atoms with Crippen molar-refractivity contribution in [2.24, 2.45) is 0 Å². The van der Waals surface area contributed by atoms with Crippen LogP contribution in [0, 0.1) is 23.3 Å². The quantitative estimate of drug-likeness (QED) is 0.361. The molecule has 0 bridgehead atoms. The Morgan fingerprint density at radius 2 is 1.72 bits per heavy atom. The summed E-state index contributed by atoms with van der Waals surface area (Å²) in [4.78, 5) is 36.2. The number of rotatable bonds is 5. The molecule has 1 fully saturated rings. The summed E-state index contributed by atoms with van der Waals surface area (Å²) in [6.07, 6.45) is -5.74. The number of ether oxygens (including phenoxy) is 1. The Hall–Kier alpha value is -2.68. The van der Waals surface area contributed by atoms with E-state index in [-0.39, 0.29) is 10.8 Å². The van der Waals surface area contributed by atoms with Gasteiger partial charge in [-0.15, -0.1) is 11.8 Å². The number of hydrogen-bond donors (Lipinski definition) is 2. The fourth-order valence-corrected chi connectivity index (χ4v) is 4.47. The van der Waals surface area contributed by atoms with Gasteiger partial charge in [-0.3, -0.25) is 14.5 Å². The molecule has 2 heterocycles. The van der Waals surface area contributed by atoms with Gasteiger partial charge in [0.15, 0.2) is 24.0 Å². The van der Waals surface area contributed by atoms with Gasteiger partial charge in [-0.1, -0.05) is 11.6 Å². The third-order valence-electron chi connectivity index (χ3n) is 4.30. The van der Waals surface area contributed by atoms with Crippen molar-refractivity contribution >= 4 is 41.1 Å². The van der Waals surface area contributed by atoms with Crippen LogP contribution in [0.2, 0.25) is 0 Å². The summed E-state index contributed by atoms with van der Waals surface area (Å²) in [5, 5.41) is 10.2. The van der Waals surface area contributed by atoms with E-state index < -0.39 is 82.3 Å². The van der Waals surface area contributed by atoms with E-state index in [1.807, 2.05) is 0 Å². The minimum absolute atomic E-state index is 0.00103. The molecule has 0 unspecified atom stereocenters. The Morgan fingerprint density at radius 1 is 1.16 bits per heavy atom. The van der Waals surface area contributed by atoms with Crippen molar-refractivity contribution in [3.63, 3.8) is 0 Å². The van der Waals surface area contributed by atoms with Gasteiger partial charge in [0.2, 0.25) is 11.6 Å². The topological polar surface area (TPSA) is 95.9 Å². The average Bonchev–Trinajstić information content (AvgIpc) is 2.69. The molecule has 0 saturated carbocycles. The molecule has 7 nitrogen and oxygen atoms in total. The van der Waals surface area contributed by atoms with Crippen LogP contribution in [0.3, 0.4) is 0 Å². The molecular formula is C16H8ClF7N2O5S. The summed E-state index contributed by atoms with van der Waals surface area (Å²) >= 11 is 6.77. The average molecular weight is 509 g/mol. The van der Waals surface area contributed by atoms with E-state index in [4.69, 9.17) is 16.7 Å². The van der Waals surface area contributed by atoms with Gasteiger partial charge >= 0.3 is 12.1 Å². The number of alkyl halides is 3. The van der Waals surface area contributed by atoms with Crippen LogP contribution in [0.25, 0.3) is 0 Å². The highest BCUT2D eigenvalue weighted by atomic mass is 35.5. The lowest BCUT2D eigenvalue weighted by Gasteiger charge is -2.48. The lowest BCUT2D eigenvalue weighted by atomic mass is 10.1. The fourth-order valence-electron chi connectivity index (χ4n) is 2.92. The fraction of sp³-hybridized carbons (Fsp3) is 0.312. The summed E-state index contributed by atoms with van der Waals surface area (Å²) in [6.45, 7) is -1.33. The van der Waals surface area contributed by atoms with E-state index in [0.717, 1.165) is 16.7 Å². The predicted octanol–water partition coefficient (Wildman–Crippen LogP) is 2.58. The van der Waals surface area contributed by atoms with Crippen molar-refractivity contribution in [2.75, 3.05) is 12.4 Å². The SMILES string of the molecule is O=C(COc1c(F)c(F)c(C(F)(F)F)c(F)c1F)N[C@@H]1C(=O)N2C(C(=O)O)=C(Cl)CS[C@H]12. The second-order valence-electron chi connectivity index (χ2n) is 6.26. The first-order valence-electron chi connectivity index (χ1n) is 8.19. The number of benzene rings is 1. The van der Waals surface area contributed by atoms with E-state index >= 15 is 0 Å². The summed E-state index contributed by atoms with van der Waals surface area (Å²) in [5.74, 6) is -16.1. The van der Waals surface area contributed by atoms with Crippen molar-refractivity contribution < 1.29 is 55.0 Å². The minimum Gasteiger partial charge on any atom is -0.477 e. The van der Waals surface area contributed by atoms with Crippen molar-refractivity contribution in [3.8, 4) is 5.75 Å². The third-order valence-corrected chi connectivity index (χ3v) is 6.05. The summed E-state index contributed by atoms with van der Waals surface area (Å²) in [5.41, 5.74) is -3.29. The number of carboxylic acids is 1. The van der Waals surface area contributed by atoms with Crippen LogP contribution in [0.1, 0.15) is 5.56 Å². The molecule has 0 aromatic heterocycles. The first kappa shape index (κ1) is 24.0. The Balaban J connectivity index is 1.71. The number of hydrogen-bond acceptors (Lipinski definition) is 5. The Bertz CT molecular complexity index is 1040. The van der Waals surface area contributed by atoms with Gasteiger partial charge in [0.25, 0.3) is 11.8 Å². The van der Waals surface area contributed by atoms with Crippen molar-refractivity contribution in [1.82, 2.24) is 10.2 Å². The van der Waals surface area contributed by atoms with E-state index in [1.165, 1.54) is 0 Å². The molecule has 0 aliphatic carbocycles. The zero-order chi connectivity index (χ0) is 24.1. The minimum atomic E-state index is -5.74. The van der Waals surface area contributed by atoms with Crippen molar-refractivity contribution in [1.29, 1.82) is 0 Å². The number of amides is 2. The molecule has 2 N–H and O–H groups in total. The van der Waals surface area contributed by atoms with Crippen LogP contribution in [0.5, 0.6) is 5.75 Å². The Labute approximate surface area is 182 Å². The summed E-state index contributed by atoms with van der Waals surface area (Å²) < 4.78 is 96.7. The van der Waals surface area contributed by atoms with E-state index in [0.29, 0.717) is 0 Å². The first-order chi connectivity index (χ1) is 14.8.